The Bertz CT molecular complexity index is 485. The van der Waals surface area contributed by atoms with Crippen LogP contribution in [0.2, 0.25) is 0 Å². The third-order valence-corrected chi connectivity index (χ3v) is 3.26. The van der Waals surface area contributed by atoms with Gasteiger partial charge in [-0.3, -0.25) is 9.48 Å². The Morgan fingerprint density at radius 2 is 2.14 bits per heavy atom. The first-order chi connectivity index (χ1) is 9.92. The Balaban J connectivity index is 2.29. The Morgan fingerprint density at radius 1 is 1.43 bits per heavy atom. The van der Waals surface area contributed by atoms with E-state index in [1.54, 1.807) is 10.9 Å². The van der Waals surface area contributed by atoms with Crippen molar-refractivity contribution in [3.05, 3.63) is 11.9 Å². The van der Waals surface area contributed by atoms with Gasteiger partial charge >= 0.3 is 12.0 Å². The average Bonchev–Trinajstić information content (AvgIpc) is 2.76. The largest absolute Gasteiger partial charge is 0.481 e. The molecule has 1 aromatic heterocycles. The van der Waals surface area contributed by atoms with Crippen LogP contribution in [0.1, 0.15) is 38.8 Å². The number of carbonyl (C=O) groups excluding carboxylic acids is 1. The summed E-state index contributed by atoms with van der Waals surface area (Å²) in [4.78, 5) is 22.2. The van der Waals surface area contributed by atoms with Crippen molar-refractivity contribution < 1.29 is 14.7 Å². The minimum Gasteiger partial charge on any atom is -0.481 e. The normalized spacial score (nSPS) is 12.0. The number of urea groups is 1. The summed E-state index contributed by atoms with van der Waals surface area (Å²) >= 11 is 0. The van der Waals surface area contributed by atoms with E-state index in [0.29, 0.717) is 13.0 Å². The standard InChI is InChI=1S/C14H24N4O3/c1-4-11-12(9-18(3)17-11)16-14(21)15-8-7-10(2)5-6-13(19)20/h9-10H,4-8H2,1-3H3,(H,19,20)(H2,15,16,21). The highest BCUT2D eigenvalue weighted by Crippen LogP contribution is 2.13. The molecule has 2 amide bonds. The highest BCUT2D eigenvalue weighted by atomic mass is 16.4. The summed E-state index contributed by atoms with van der Waals surface area (Å²) in [7, 11) is 1.81. The maximum atomic E-state index is 11.8. The number of hydrogen-bond donors (Lipinski definition) is 3. The van der Waals surface area contributed by atoms with Crippen molar-refractivity contribution in [2.24, 2.45) is 13.0 Å². The molecule has 7 heteroatoms. The second-order valence-electron chi connectivity index (χ2n) is 5.22. The van der Waals surface area contributed by atoms with Crippen LogP contribution in [0.4, 0.5) is 10.5 Å². The van der Waals surface area contributed by atoms with E-state index >= 15 is 0 Å². The molecule has 0 spiro atoms. The van der Waals surface area contributed by atoms with Crippen LogP contribution in [-0.4, -0.2) is 33.4 Å². The molecule has 0 aliphatic rings. The van der Waals surface area contributed by atoms with Gasteiger partial charge in [-0.15, -0.1) is 0 Å². The lowest BCUT2D eigenvalue weighted by molar-refractivity contribution is -0.137. The van der Waals surface area contributed by atoms with Gasteiger partial charge in [0.15, 0.2) is 0 Å². The molecule has 1 atom stereocenters. The van der Waals surface area contributed by atoms with E-state index in [9.17, 15) is 9.59 Å². The topological polar surface area (TPSA) is 96.3 Å². The smallest absolute Gasteiger partial charge is 0.319 e. The summed E-state index contributed by atoms with van der Waals surface area (Å²) in [5, 5.41) is 18.4. The molecule has 0 aliphatic carbocycles. The lowest BCUT2D eigenvalue weighted by atomic mass is 10.0. The maximum Gasteiger partial charge on any atom is 0.319 e. The monoisotopic (exact) mass is 296 g/mol. The molecule has 1 aromatic rings. The Labute approximate surface area is 124 Å². The zero-order valence-corrected chi connectivity index (χ0v) is 12.8. The summed E-state index contributed by atoms with van der Waals surface area (Å²) in [6.45, 7) is 4.49. The number of aryl methyl sites for hydroxylation is 2. The maximum absolute atomic E-state index is 11.8. The minimum absolute atomic E-state index is 0.170. The van der Waals surface area contributed by atoms with Crippen molar-refractivity contribution in [2.45, 2.75) is 39.5 Å². The molecule has 7 nitrogen and oxygen atoms in total. The molecule has 0 aliphatic heterocycles. The number of carboxylic acids is 1. The van der Waals surface area contributed by atoms with E-state index in [0.717, 1.165) is 24.2 Å². The van der Waals surface area contributed by atoms with Gasteiger partial charge in [0.05, 0.1) is 11.4 Å². The number of anilines is 1. The first-order valence-corrected chi connectivity index (χ1v) is 7.21. The number of rotatable bonds is 8. The third kappa shape index (κ3) is 6.29. The quantitative estimate of drug-likeness (QED) is 0.683. The lowest BCUT2D eigenvalue weighted by Crippen LogP contribution is -2.30. The zero-order chi connectivity index (χ0) is 15.8. The van der Waals surface area contributed by atoms with E-state index in [1.807, 2.05) is 20.9 Å². The molecule has 21 heavy (non-hydrogen) atoms. The summed E-state index contributed by atoms with van der Waals surface area (Å²) in [5.74, 6) is -0.512. The van der Waals surface area contributed by atoms with E-state index in [2.05, 4.69) is 15.7 Å². The van der Waals surface area contributed by atoms with Crippen LogP contribution >= 0.6 is 0 Å². The van der Waals surface area contributed by atoms with Gasteiger partial charge < -0.3 is 15.7 Å². The summed E-state index contributed by atoms with van der Waals surface area (Å²) in [5.41, 5.74) is 1.57. The number of carboxylic acid groups (broad SMARTS) is 1. The molecule has 1 heterocycles. The van der Waals surface area contributed by atoms with Gasteiger partial charge in [-0.2, -0.15) is 5.10 Å². The van der Waals surface area contributed by atoms with Crippen molar-refractivity contribution in [3.63, 3.8) is 0 Å². The molecule has 3 N–H and O–H groups in total. The van der Waals surface area contributed by atoms with Gasteiger partial charge in [0.25, 0.3) is 0 Å². The van der Waals surface area contributed by atoms with Crippen molar-refractivity contribution in [2.75, 3.05) is 11.9 Å². The number of hydrogen-bond acceptors (Lipinski definition) is 3. The van der Waals surface area contributed by atoms with Gasteiger partial charge in [0.1, 0.15) is 0 Å². The molecular formula is C14H24N4O3. The molecule has 0 radical (unpaired) electrons. The second kappa shape index (κ2) is 8.28. The number of aliphatic carboxylic acids is 1. The van der Waals surface area contributed by atoms with Crippen LogP contribution in [0.3, 0.4) is 0 Å². The van der Waals surface area contributed by atoms with Crippen LogP contribution in [0, 0.1) is 5.92 Å². The average molecular weight is 296 g/mol. The molecule has 118 valence electrons. The van der Waals surface area contributed by atoms with Crippen LogP contribution in [-0.2, 0) is 18.3 Å². The lowest BCUT2D eigenvalue weighted by Gasteiger charge is -2.11. The van der Waals surface area contributed by atoms with Crippen molar-refractivity contribution in [3.8, 4) is 0 Å². The highest BCUT2D eigenvalue weighted by Gasteiger charge is 2.10. The first-order valence-electron chi connectivity index (χ1n) is 7.21. The molecule has 1 unspecified atom stereocenters. The van der Waals surface area contributed by atoms with Gasteiger partial charge in [0, 0.05) is 26.2 Å². The summed E-state index contributed by atoms with van der Waals surface area (Å²) < 4.78 is 1.67. The third-order valence-electron chi connectivity index (χ3n) is 3.26. The van der Waals surface area contributed by atoms with E-state index in [1.165, 1.54) is 0 Å². The fraction of sp³-hybridized carbons (Fsp3) is 0.643. The number of amides is 2. The van der Waals surface area contributed by atoms with E-state index in [4.69, 9.17) is 5.11 Å². The number of nitrogens with zero attached hydrogens (tertiary/aromatic N) is 2. The zero-order valence-electron chi connectivity index (χ0n) is 12.8. The molecular weight excluding hydrogens is 272 g/mol. The molecule has 0 aromatic carbocycles. The fourth-order valence-electron chi connectivity index (χ4n) is 2.01. The first kappa shape index (κ1) is 17.0. The Kier molecular flexibility index (Phi) is 6.71. The Hall–Kier alpha value is -2.05. The predicted octanol–water partition coefficient (Wildman–Crippen LogP) is 1.99. The van der Waals surface area contributed by atoms with Crippen molar-refractivity contribution in [1.29, 1.82) is 0 Å². The molecule has 0 bridgehead atoms. The number of aromatic nitrogens is 2. The number of carbonyl (C=O) groups is 2. The predicted molar refractivity (Wildman–Crippen MR) is 80.3 cm³/mol. The van der Waals surface area contributed by atoms with Crippen LogP contribution in [0.25, 0.3) is 0 Å². The fourth-order valence-corrected chi connectivity index (χ4v) is 2.01. The molecule has 0 saturated heterocycles. The van der Waals surface area contributed by atoms with Gasteiger partial charge in [-0.1, -0.05) is 13.8 Å². The molecule has 0 fully saturated rings. The Morgan fingerprint density at radius 3 is 2.76 bits per heavy atom. The van der Waals surface area contributed by atoms with Crippen LogP contribution in [0.5, 0.6) is 0 Å². The van der Waals surface area contributed by atoms with Gasteiger partial charge in [-0.05, 0) is 25.2 Å². The van der Waals surface area contributed by atoms with Crippen molar-refractivity contribution >= 4 is 17.7 Å². The SMILES string of the molecule is CCc1nn(C)cc1NC(=O)NCCC(C)CCC(=O)O. The van der Waals surface area contributed by atoms with Crippen LogP contribution < -0.4 is 10.6 Å². The summed E-state index contributed by atoms with van der Waals surface area (Å²) in [6, 6.07) is -0.261. The highest BCUT2D eigenvalue weighted by molar-refractivity contribution is 5.89. The minimum atomic E-state index is -0.781. The molecule has 0 saturated carbocycles. The van der Waals surface area contributed by atoms with Gasteiger partial charge in [-0.25, -0.2) is 4.79 Å². The molecule has 1 rings (SSSR count). The summed E-state index contributed by atoms with van der Waals surface area (Å²) in [6.07, 6.45) is 4.08. The van der Waals surface area contributed by atoms with E-state index < -0.39 is 5.97 Å². The second-order valence-corrected chi connectivity index (χ2v) is 5.22. The van der Waals surface area contributed by atoms with Crippen molar-refractivity contribution in [1.82, 2.24) is 15.1 Å². The number of nitrogens with one attached hydrogen (secondary N) is 2. The van der Waals surface area contributed by atoms with Crippen LogP contribution in [0.15, 0.2) is 6.20 Å². The van der Waals surface area contributed by atoms with E-state index in [-0.39, 0.29) is 18.4 Å². The van der Waals surface area contributed by atoms with Gasteiger partial charge in [0.2, 0.25) is 0 Å².